The van der Waals surface area contributed by atoms with Crippen LogP contribution in [0.25, 0.3) is 0 Å². The molecule has 0 bridgehead atoms. The van der Waals surface area contributed by atoms with Crippen molar-refractivity contribution in [3.8, 4) is 11.5 Å². The summed E-state index contributed by atoms with van der Waals surface area (Å²) in [5.41, 5.74) is 3.07. The van der Waals surface area contributed by atoms with E-state index in [9.17, 15) is 9.90 Å². The van der Waals surface area contributed by atoms with Crippen molar-refractivity contribution in [1.29, 1.82) is 0 Å². The molecule has 0 aromatic heterocycles. The molecule has 1 aromatic rings. The van der Waals surface area contributed by atoms with Crippen LogP contribution in [0, 0.1) is 11.8 Å². The normalized spacial score (nSPS) is 31.1. The summed E-state index contributed by atoms with van der Waals surface area (Å²) < 4.78 is 13.1. The monoisotopic (exact) mass is 506 g/mol. The first-order valence-electron chi connectivity index (χ1n) is 11.4. The highest BCUT2D eigenvalue weighted by atomic mass is 79.9. The number of halogens is 1. The molecule has 5 rings (SSSR count). The summed E-state index contributed by atoms with van der Waals surface area (Å²) in [6.45, 7) is 4.02. The lowest BCUT2D eigenvalue weighted by Crippen LogP contribution is -2.51. The average molecular weight is 507 g/mol. The van der Waals surface area contributed by atoms with Crippen LogP contribution in [0.15, 0.2) is 22.3 Å². The molecule has 7 nitrogen and oxygen atoms in total. The molecule has 2 heterocycles. The van der Waals surface area contributed by atoms with Crippen molar-refractivity contribution >= 4 is 21.9 Å². The van der Waals surface area contributed by atoms with E-state index < -0.39 is 5.97 Å². The van der Waals surface area contributed by atoms with Gasteiger partial charge >= 0.3 is 5.97 Å². The van der Waals surface area contributed by atoms with Crippen LogP contribution in [-0.4, -0.2) is 60.0 Å². The van der Waals surface area contributed by atoms with E-state index in [1.807, 2.05) is 0 Å². The second-order valence-electron chi connectivity index (χ2n) is 9.79. The van der Waals surface area contributed by atoms with Gasteiger partial charge in [-0.2, -0.15) is 0 Å². The second-order valence-corrected chi connectivity index (χ2v) is 10.6. The molecule has 3 N–H and O–H groups in total. The lowest BCUT2D eigenvalue weighted by molar-refractivity contribution is -0.135. The second kappa shape index (κ2) is 8.22. The smallest absolute Gasteiger partial charge is 0.322 e. The standard InChI is InChI=1S/C24H31BrN2O5/c1-13-5-16(26-9-20(29)30)7-19-24(13)8-17(12-28)27(10-14-3-4-14)11-15-6-18(31-2)22(25)23(32-19)21(15)24/h6-7,13-14,17,19,26,28H,3-5,8-12H2,1-2H3,(H,29,30)/t13-,17+,19-,24+/m1/s1. The Kier molecular flexibility index (Phi) is 5.66. The highest BCUT2D eigenvalue weighted by Gasteiger charge is 2.58. The first-order valence-corrected chi connectivity index (χ1v) is 12.2. The van der Waals surface area contributed by atoms with Gasteiger partial charge in [0.15, 0.2) is 0 Å². The minimum atomic E-state index is -0.880. The van der Waals surface area contributed by atoms with E-state index in [1.54, 1.807) is 7.11 Å². The van der Waals surface area contributed by atoms with E-state index in [1.165, 1.54) is 24.0 Å². The van der Waals surface area contributed by atoms with Crippen molar-refractivity contribution in [2.24, 2.45) is 11.8 Å². The Morgan fingerprint density at radius 3 is 2.88 bits per heavy atom. The maximum Gasteiger partial charge on any atom is 0.322 e. The number of aliphatic hydroxyl groups excluding tert-OH is 1. The number of methoxy groups -OCH3 is 1. The predicted octanol–water partition coefficient (Wildman–Crippen LogP) is 3.03. The largest absolute Gasteiger partial charge is 0.495 e. The Bertz CT molecular complexity index is 962. The SMILES string of the molecule is COc1cc2c3c(c1Br)O[C@@H]1C=C(NCC(=O)O)C[C@@H](C)[C@]31C[C@@H](CO)N(CC1CC1)C2. The maximum absolute atomic E-state index is 11.1. The summed E-state index contributed by atoms with van der Waals surface area (Å²) in [5.74, 6) is 1.64. The van der Waals surface area contributed by atoms with E-state index in [-0.39, 0.29) is 36.6 Å². The number of hydrogen-bond acceptors (Lipinski definition) is 6. The van der Waals surface area contributed by atoms with Gasteiger partial charge < -0.3 is 25.0 Å². The highest BCUT2D eigenvalue weighted by molar-refractivity contribution is 9.10. The van der Waals surface area contributed by atoms with Gasteiger partial charge in [0, 0.05) is 35.8 Å². The van der Waals surface area contributed by atoms with Gasteiger partial charge in [-0.3, -0.25) is 9.69 Å². The van der Waals surface area contributed by atoms with Crippen molar-refractivity contribution in [3.05, 3.63) is 33.4 Å². The fourth-order valence-corrected chi connectivity index (χ4v) is 6.60. The van der Waals surface area contributed by atoms with E-state index in [4.69, 9.17) is 14.6 Å². The molecular weight excluding hydrogens is 476 g/mol. The van der Waals surface area contributed by atoms with Gasteiger partial charge in [-0.1, -0.05) is 6.92 Å². The Morgan fingerprint density at radius 2 is 2.22 bits per heavy atom. The zero-order valence-corrected chi connectivity index (χ0v) is 20.2. The lowest BCUT2D eigenvalue weighted by atomic mass is 9.60. The number of carbonyl (C=O) groups is 1. The molecule has 32 heavy (non-hydrogen) atoms. The van der Waals surface area contributed by atoms with Gasteiger partial charge in [-0.25, -0.2) is 0 Å². The Morgan fingerprint density at radius 1 is 1.44 bits per heavy atom. The van der Waals surface area contributed by atoms with Gasteiger partial charge in [0.25, 0.3) is 0 Å². The zero-order valence-electron chi connectivity index (χ0n) is 18.6. The molecule has 1 aromatic carbocycles. The number of benzene rings is 1. The van der Waals surface area contributed by atoms with Crippen LogP contribution >= 0.6 is 15.9 Å². The molecular formula is C24H31BrN2O5. The van der Waals surface area contributed by atoms with E-state index in [0.29, 0.717) is 0 Å². The van der Waals surface area contributed by atoms with Crippen LogP contribution in [0.1, 0.15) is 43.7 Å². The quantitative estimate of drug-likeness (QED) is 0.523. The summed E-state index contributed by atoms with van der Waals surface area (Å²) in [6, 6.07) is 2.18. The van der Waals surface area contributed by atoms with E-state index in [0.717, 1.165) is 53.5 Å². The fourth-order valence-electron chi connectivity index (χ4n) is 6.03. The molecule has 0 amide bonds. The van der Waals surface area contributed by atoms with Crippen LogP contribution in [0.3, 0.4) is 0 Å². The summed E-state index contributed by atoms with van der Waals surface area (Å²) in [5, 5.41) is 22.6. The van der Waals surface area contributed by atoms with Crippen molar-refractivity contribution in [1.82, 2.24) is 10.2 Å². The van der Waals surface area contributed by atoms with E-state index in [2.05, 4.69) is 45.2 Å². The molecule has 2 aliphatic heterocycles. The topological polar surface area (TPSA) is 91.3 Å². The number of ether oxygens (including phenoxy) is 2. The predicted molar refractivity (Wildman–Crippen MR) is 123 cm³/mol. The van der Waals surface area contributed by atoms with Crippen LogP contribution < -0.4 is 14.8 Å². The lowest BCUT2D eigenvalue weighted by Gasteiger charge is -2.44. The number of carboxylic acid groups (broad SMARTS) is 1. The molecule has 0 unspecified atom stereocenters. The van der Waals surface area contributed by atoms with E-state index >= 15 is 0 Å². The maximum atomic E-state index is 11.1. The number of aliphatic hydroxyl groups is 1. The molecule has 1 fully saturated rings. The van der Waals surface area contributed by atoms with Gasteiger partial charge in [0.1, 0.15) is 28.6 Å². The molecule has 0 saturated heterocycles. The van der Waals surface area contributed by atoms with Gasteiger partial charge in [0.05, 0.1) is 13.7 Å². The van der Waals surface area contributed by atoms with Crippen molar-refractivity contribution in [3.63, 3.8) is 0 Å². The zero-order chi connectivity index (χ0) is 22.6. The average Bonchev–Trinajstić information content (AvgIpc) is 3.53. The fraction of sp³-hybridized carbons (Fsp3) is 0.625. The summed E-state index contributed by atoms with van der Waals surface area (Å²) in [6.07, 6.45) is 5.93. The molecule has 4 atom stereocenters. The number of rotatable bonds is 7. The summed E-state index contributed by atoms with van der Waals surface area (Å²) in [4.78, 5) is 13.6. The molecule has 174 valence electrons. The number of aliphatic carboxylic acids is 1. The molecule has 2 aliphatic carbocycles. The molecule has 1 spiro atoms. The minimum Gasteiger partial charge on any atom is -0.495 e. The first kappa shape index (κ1) is 22.0. The summed E-state index contributed by atoms with van der Waals surface area (Å²) >= 11 is 3.72. The number of allylic oxidation sites excluding steroid dienone is 1. The van der Waals surface area contributed by atoms with Gasteiger partial charge in [-0.15, -0.1) is 0 Å². The van der Waals surface area contributed by atoms with Crippen LogP contribution in [0.5, 0.6) is 11.5 Å². The third-order valence-electron chi connectivity index (χ3n) is 7.80. The van der Waals surface area contributed by atoms with Crippen molar-refractivity contribution in [2.75, 3.05) is 26.8 Å². The van der Waals surface area contributed by atoms with Gasteiger partial charge in [-0.05, 0) is 71.2 Å². The number of hydrogen-bond donors (Lipinski definition) is 3. The van der Waals surface area contributed by atoms with Crippen LogP contribution in [-0.2, 0) is 16.8 Å². The Balaban J connectivity index is 1.62. The van der Waals surface area contributed by atoms with Gasteiger partial charge in [0.2, 0.25) is 0 Å². The Hall–Kier alpha value is -1.77. The molecule has 1 saturated carbocycles. The highest BCUT2D eigenvalue weighted by Crippen LogP contribution is 2.60. The molecule has 0 radical (unpaired) electrons. The third kappa shape index (κ3) is 3.51. The molecule has 4 aliphatic rings. The molecule has 8 heteroatoms. The summed E-state index contributed by atoms with van der Waals surface area (Å²) in [7, 11) is 1.67. The van der Waals surface area contributed by atoms with Crippen LogP contribution in [0.2, 0.25) is 0 Å². The van der Waals surface area contributed by atoms with Crippen molar-refractivity contribution < 1.29 is 24.5 Å². The number of nitrogens with one attached hydrogen (secondary N) is 1. The number of carboxylic acids is 1. The first-order chi connectivity index (χ1) is 15.4. The Labute approximate surface area is 196 Å². The number of nitrogens with zero attached hydrogens (tertiary/aromatic N) is 1. The van der Waals surface area contributed by atoms with Crippen LogP contribution in [0.4, 0.5) is 0 Å². The third-order valence-corrected chi connectivity index (χ3v) is 8.55. The minimum absolute atomic E-state index is 0.0502. The van der Waals surface area contributed by atoms with Crippen molar-refractivity contribution in [2.45, 2.75) is 56.7 Å².